The van der Waals surface area contributed by atoms with Crippen LogP contribution < -0.4 is 10.1 Å². The van der Waals surface area contributed by atoms with E-state index >= 15 is 0 Å². The Balaban J connectivity index is 1.96. The quantitative estimate of drug-likeness (QED) is 0.907. The Morgan fingerprint density at radius 1 is 1.53 bits per heavy atom. The third kappa shape index (κ3) is 3.88. The zero-order valence-electron chi connectivity index (χ0n) is 11.7. The molecule has 1 unspecified atom stereocenters. The second-order valence-electron chi connectivity index (χ2n) is 5.08. The van der Waals surface area contributed by atoms with Crippen LogP contribution >= 0.6 is 0 Å². The molecule has 1 aliphatic rings. The number of amides is 2. The molecule has 0 spiro atoms. The van der Waals surface area contributed by atoms with Crippen LogP contribution in [0.15, 0.2) is 24.3 Å². The molecule has 1 atom stereocenters. The van der Waals surface area contributed by atoms with E-state index in [1.54, 1.807) is 0 Å². The molecule has 0 saturated carbocycles. The van der Waals surface area contributed by atoms with Gasteiger partial charge in [0.15, 0.2) is 0 Å². The van der Waals surface area contributed by atoms with Crippen molar-refractivity contribution < 1.29 is 9.53 Å². The van der Waals surface area contributed by atoms with E-state index in [-0.39, 0.29) is 6.03 Å². The maximum atomic E-state index is 12.2. The molecule has 1 aromatic carbocycles. The molecule has 4 heteroatoms. The monoisotopic (exact) mass is 262 g/mol. The Kier molecular flexibility index (Phi) is 4.66. The van der Waals surface area contributed by atoms with Gasteiger partial charge in [0.2, 0.25) is 0 Å². The number of carbonyl (C=O) groups excluding carboxylic acids is 1. The van der Waals surface area contributed by atoms with Gasteiger partial charge in [-0.15, -0.1) is 0 Å². The van der Waals surface area contributed by atoms with Crippen LogP contribution in [0, 0.1) is 5.92 Å². The molecular formula is C15H22N2O2. The number of rotatable bonds is 3. The van der Waals surface area contributed by atoms with E-state index in [1.165, 1.54) is 6.42 Å². The maximum Gasteiger partial charge on any atom is 0.321 e. The minimum atomic E-state index is -0.0137. The normalized spacial score (nSPS) is 19.1. The molecule has 1 N–H and O–H groups in total. The van der Waals surface area contributed by atoms with Gasteiger partial charge in [0.05, 0.1) is 6.61 Å². The lowest BCUT2D eigenvalue weighted by Gasteiger charge is -2.30. The van der Waals surface area contributed by atoms with Gasteiger partial charge in [0.25, 0.3) is 0 Å². The second-order valence-corrected chi connectivity index (χ2v) is 5.08. The van der Waals surface area contributed by atoms with E-state index in [1.807, 2.05) is 36.1 Å². The lowest BCUT2D eigenvalue weighted by molar-refractivity contribution is 0.182. The van der Waals surface area contributed by atoms with Crippen molar-refractivity contribution >= 4 is 11.7 Å². The van der Waals surface area contributed by atoms with Crippen molar-refractivity contribution in [3.8, 4) is 5.75 Å². The molecule has 104 valence electrons. The van der Waals surface area contributed by atoms with Gasteiger partial charge in [0.1, 0.15) is 5.75 Å². The number of hydrogen-bond donors (Lipinski definition) is 1. The first-order chi connectivity index (χ1) is 9.19. The number of nitrogens with zero attached hydrogens (tertiary/aromatic N) is 1. The summed E-state index contributed by atoms with van der Waals surface area (Å²) in [5.74, 6) is 1.38. The first-order valence-corrected chi connectivity index (χ1v) is 6.98. The fourth-order valence-corrected chi connectivity index (χ4v) is 2.41. The lowest BCUT2D eigenvalue weighted by atomic mass is 10.0. The Bertz CT molecular complexity index is 434. The topological polar surface area (TPSA) is 41.6 Å². The molecule has 4 nitrogen and oxygen atoms in total. The number of ether oxygens (including phenoxy) is 1. The van der Waals surface area contributed by atoms with E-state index in [2.05, 4.69) is 12.2 Å². The highest BCUT2D eigenvalue weighted by Gasteiger charge is 2.20. The second kappa shape index (κ2) is 6.45. The van der Waals surface area contributed by atoms with E-state index in [0.29, 0.717) is 12.5 Å². The van der Waals surface area contributed by atoms with Crippen LogP contribution in [0.5, 0.6) is 5.75 Å². The van der Waals surface area contributed by atoms with Crippen LogP contribution in [0.2, 0.25) is 0 Å². The smallest absolute Gasteiger partial charge is 0.321 e. The molecule has 19 heavy (non-hydrogen) atoms. The number of likely N-dealkylation sites (tertiary alicyclic amines) is 1. The predicted octanol–water partition coefficient (Wildman–Crippen LogP) is 3.35. The predicted molar refractivity (Wildman–Crippen MR) is 76.6 cm³/mol. The highest BCUT2D eigenvalue weighted by atomic mass is 16.5. The van der Waals surface area contributed by atoms with Crippen molar-refractivity contribution in [3.05, 3.63) is 24.3 Å². The van der Waals surface area contributed by atoms with Gasteiger partial charge in [-0.05, 0) is 37.8 Å². The fraction of sp³-hybridized carbons (Fsp3) is 0.533. The first-order valence-electron chi connectivity index (χ1n) is 6.98. The maximum absolute atomic E-state index is 12.2. The SMILES string of the molecule is CCOc1cccc(NC(=O)N2CCCC(C)C2)c1. The lowest BCUT2D eigenvalue weighted by Crippen LogP contribution is -2.41. The molecule has 1 aromatic rings. The Morgan fingerprint density at radius 2 is 2.37 bits per heavy atom. The van der Waals surface area contributed by atoms with E-state index in [9.17, 15) is 4.79 Å². The van der Waals surface area contributed by atoms with Crippen molar-refractivity contribution in [2.75, 3.05) is 25.0 Å². The summed E-state index contributed by atoms with van der Waals surface area (Å²) in [6.07, 6.45) is 2.30. The summed E-state index contributed by atoms with van der Waals surface area (Å²) in [5.41, 5.74) is 0.786. The Morgan fingerprint density at radius 3 is 3.11 bits per heavy atom. The zero-order valence-corrected chi connectivity index (χ0v) is 11.7. The van der Waals surface area contributed by atoms with Crippen LogP contribution in [0.1, 0.15) is 26.7 Å². The molecule has 0 aromatic heterocycles. The highest BCUT2D eigenvalue weighted by molar-refractivity contribution is 5.89. The Labute approximate surface area is 114 Å². The fourth-order valence-electron chi connectivity index (χ4n) is 2.41. The number of anilines is 1. The zero-order chi connectivity index (χ0) is 13.7. The van der Waals surface area contributed by atoms with Gasteiger partial charge in [0, 0.05) is 24.8 Å². The van der Waals surface area contributed by atoms with E-state index in [4.69, 9.17) is 4.74 Å². The van der Waals surface area contributed by atoms with E-state index in [0.717, 1.165) is 30.9 Å². The van der Waals surface area contributed by atoms with Gasteiger partial charge >= 0.3 is 6.03 Å². The van der Waals surface area contributed by atoms with Gasteiger partial charge in [-0.2, -0.15) is 0 Å². The van der Waals surface area contributed by atoms with Gasteiger partial charge in [-0.1, -0.05) is 13.0 Å². The summed E-state index contributed by atoms with van der Waals surface area (Å²) in [5, 5.41) is 2.94. The molecule has 2 rings (SSSR count). The van der Waals surface area contributed by atoms with Crippen molar-refractivity contribution in [3.63, 3.8) is 0 Å². The van der Waals surface area contributed by atoms with Crippen LogP contribution in [-0.4, -0.2) is 30.6 Å². The number of benzene rings is 1. The minimum absolute atomic E-state index is 0.0137. The number of hydrogen-bond acceptors (Lipinski definition) is 2. The number of nitrogens with one attached hydrogen (secondary N) is 1. The van der Waals surface area contributed by atoms with Crippen molar-refractivity contribution in [1.82, 2.24) is 4.90 Å². The Hall–Kier alpha value is -1.71. The molecule has 0 radical (unpaired) electrons. The summed E-state index contributed by atoms with van der Waals surface area (Å²) in [4.78, 5) is 14.0. The van der Waals surface area contributed by atoms with Gasteiger partial charge < -0.3 is 15.0 Å². The largest absolute Gasteiger partial charge is 0.494 e. The molecule has 1 saturated heterocycles. The first kappa shape index (κ1) is 13.7. The van der Waals surface area contributed by atoms with Crippen molar-refractivity contribution in [2.45, 2.75) is 26.7 Å². The highest BCUT2D eigenvalue weighted by Crippen LogP contribution is 2.20. The summed E-state index contributed by atoms with van der Waals surface area (Å²) >= 11 is 0. The molecule has 1 aliphatic heterocycles. The third-order valence-electron chi connectivity index (χ3n) is 3.34. The van der Waals surface area contributed by atoms with Gasteiger partial charge in [-0.3, -0.25) is 0 Å². The number of carbonyl (C=O) groups is 1. The standard InChI is InChI=1S/C15H22N2O2/c1-3-19-14-8-4-7-13(10-14)16-15(18)17-9-5-6-12(2)11-17/h4,7-8,10,12H,3,5-6,9,11H2,1-2H3,(H,16,18). The summed E-state index contributed by atoms with van der Waals surface area (Å²) in [7, 11) is 0. The van der Waals surface area contributed by atoms with E-state index < -0.39 is 0 Å². The average molecular weight is 262 g/mol. The minimum Gasteiger partial charge on any atom is -0.494 e. The number of urea groups is 1. The number of piperidine rings is 1. The molecular weight excluding hydrogens is 240 g/mol. The van der Waals surface area contributed by atoms with Crippen molar-refractivity contribution in [2.24, 2.45) is 5.92 Å². The molecule has 1 heterocycles. The molecule has 1 fully saturated rings. The molecule has 2 amide bonds. The van der Waals surface area contributed by atoms with Gasteiger partial charge in [-0.25, -0.2) is 4.79 Å². The molecule has 0 aliphatic carbocycles. The summed E-state index contributed by atoms with van der Waals surface area (Å²) in [6.45, 7) is 6.45. The summed E-state index contributed by atoms with van der Waals surface area (Å²) < 4.78 is 5.43. The van der Waals surface area contributed by atoms with Crippen LogP contribution in [-0.2, 0) is 0 Å². The summed E-state index contributed by atoms with van der Waals surface area (Å²) in [6, 6.07) is 7.50. The van der Waals surface area contributed by atoms with Crippen molar-refractivity contribution in [1.29, 1.82) is 0 Å². The third-order valence-corrected chi connectivity index (χ3v) is 3.34. The van der Waals surface area contributed by atoms with Crippen LogP contribution in [0.3, 0.4) is 0 Å². The average Bonchev–Trinajstić information content (AvgIpc) is 2.39. The van der Waals surface area contributed by atoms with Crippen LogP contribution in [0.4, 0.5) is 10.5 Å². The van der Waals surface area contributed by atoms with Crippen LogP contribution in [0.25, 0.3) is 0 Å². The molecule has 0 bridgehead atoms.